The molecule has 0 spiro atoms. The molecule has 1 amide bonds. The molecular weight excluding hydrogens is 348 g/mol. The molecule has 0 saturated carbocycles. The SMILES string of the molecule is CCc1ccc(S(=O)(=O)Nc2ccc3c(c2)CCN3C(=O)C(C)C)cc1. The molecule has 1 aliphatic rings. The number of carbonyl (C=O) groups excluding carboxylic acids is 1. The number of rotatable bonds is 5. The molecule has 5 nitrogen and oxygen atoms in total. The number of aryl methyl sites for hydroxylation is 1. The Labute approximate surface area is 155 Å². The minimum absolute atomic E-state index is 0.0646. The number of nitrogens with zero attached hydrogens (tertiary/aromatic N) is 1. The highest BCUT2D eigenvalue weighted by Crippen LogP contribution is 2.32. The predicted molar refractivity (Wildman–Crippen MR) is 104 cm³/mol. The number of hydrogen-bond acceptors (Lipinski definition) is 3. The largest absolute Gasteiger partial charge is 0.312 e. The first-order valence-electron chi connectivity index (χ1n) is 8.88. The van der Waals surface area contributed by atoms with Crippen LogP contribution in [0.3, 0.4) is 0 Å². The van der Waals surface area contributed by atoms with E-state index in [1.807, 2.05) is 45.0 Å². The van der Waals surface area contributed by atoms with Crippen LogP contribution >= 0.6 is 0 Å². The van der Waals surface area contributed by atoms with Crippen molar-refractivity contribution in [2.24, 2.45) is 5.92 Å². The van der Waals surface area contributed by atoms with Gasteiger partial charge in [0.05, 0.1) is 4.90 Å². The van der Waals surface area contributed by atoms with Crippen molar-refractivity contribution in [2.45, 2.75) is 38.5 Å². The minimum Gasteiger partial charge on any atom is -0.312 e. The lowest BCUT2D eigenvalue weighted by atomic mass is 10.1. The van der Waals surface area contributed by atoms with Gasteiger partial charge in [0.2, 0.25) is 5.91 Å². The summed E-state index contributed by atoms with van der Waals surface area (Å²) in [7, 11) is -3.63. The first-order valence-corrected chi connectivity index (χ1v) is 10.4. The lowest BCUT2D eigenvalue weighted by Crippen LogP contribution is -2.32. The minimum atomic E-state index is -3.63. The summed E-state index contributed by atoms with van der Waals surface area (Å²) in [5.74, 6) is 0.0262. The molecule has 3 rings (SSSR count). The van der Waals surface area contributed by atoms with Gasteiger partial charge in [-0.3, -0.25) is 9.52 Å². The van der Waals surface area contributed by atoms with Gasteiger partial charge in [0, 0.05) is 23.8 Å². The Hall–Kier alpha value is -2.34. The van der Waals surface area contributed by atoms with Gasteiger partial charge >= 0.3 is 0 Å². The first kappa shape index (κ1) is 18.5. The average molecular weight is 372 g/mol. The number of anilines is 2. The third-order valence-electron chi connectivity index (χ3n) is 4.63. The molecule has 0 atom stereocenters. The molecule has 6 heteroatoms. The van der Waals surface area contributed by atoms with Crippen molar-refractivity contribution in [3.8, 4) is 0 Å². The maximum Gasteiger partial charge on any atom is 0.261 e. The molecule has 0 bridgehead atoms. The summed E-state index contributed by atoms with van der Waals surface area (Å²) >= 11 is 0. The zero-order chi connectivity index (χ0) is 18.9. The van der Waals surface area contributed by atoms with E-state index in [0.29, 0.717) is 12.2 Å². The topological polar surface area (TPSA) is 66.5 Å². The average Bonchev–Trinajstić information content (AvgIpc) is 3.03. The van der Waals surface area contributed by atoms with Gasteiger partial charge in [-0.2, -0.15) is 0 Å². The summed E-state index contributed by atoms with van der Waals surface area (Å²) in [5, 5.41) is 0. The molecular formula is C20H24N2O3S. The zero-order valence-corrected chi connectivity index (χ0v) is 16.1. The Morgan fingerprint density at radius 2 is 1.85 bits per heavy atom. The van der Waals surface area contributed by atoms with E-state index in [1.54, 1.807) is 23.1 Å². The van der Waals surface area contributed by atoms with Crippen molar-refractivity contribution in [3.63, 3.8) is 0 Å². The number of carbonyl (C=O) groups is 1. The number of benzene rings is 2. The van der Waals surface area contributed by atoms with Crippen LogP contribution in [0, 0.1) is 5.92 Å². The normalized spacial score (nSPS) is 13.8. The van der Waals surface area contributed by atoms with Crippen molar-refractivity contribution in [1.82, 2.24) is 0 Å². The smallest absolute Gasteiger partial charge is 0.261 e. The van der Waals surface area contributed by atoms with Gasteiger partial charge in [-0.15, -0.1) is 0 Å². The van der Waals surface area contributed by atoms with Crippen molar-refractivity contribution >= 4 is 27.3 Å². The van der Waals surface area contributed by atoms with Crippen LogP contribution in [0.25, 0.3) is 0 Å². The zero-order valence-electron chi connectivity index (χ0n) is 15.3. The van der Waals surface area contributed by atoms with Crippen LogP contribution in [0.15, 0.2) is 47.4 Å². The molecule has 0 aromatic heterocycles. The molecule has 2 aromatic carbocycles. The number of nitrogens with one attached hydrogen (secondary N) is 1. The predicted octanol–water partition coefficient (Wildman–Crippen LogP) is 3.59. The standard InChI is InChI=1S/C20H24N2O3S/c1-4-15-5-8-18(9-6-15)26(24,25)21-17-7-10-19-16(13-17)11-12-22(19)20(23)14(2)3/h5-10,13-14,21H,4,11-12H2,1-3H3. The summed E-state index contributed by atoms with van der Waals surface area (Å²) in [6.45, 7) is 6.43. The molecule has 0 unspecified atom stereocenters. The van der Waals surface area contributed by atoms with Crippen molar-refractivity contribution < 1.29 is 13.2 Å². The third-order valence-corrected chi connectivity index (χ3v) is 6.03. The number of fused-ring (bicyclic) bond motifs is 1. The van der Waals surface area contributed by atoms with Gasteiger partial charge in [-0.25, -0.2) is 8.42 Å². The van der Waals surface area contributed by atoms with Crippen LogP contribution < -0.4 is 9.62 Å². The van der Waals surface area contributed by atoms with E-state index in [2.05, 4.69) is 4.72 Å². The van der Waals surface area contributed by atoms with Gasteiger partial charge in [0.25, 0.3) is 10.0 Å². The van der Waals surface area contributed by atoms with Gasteiger partial charge in [0.1, 0.15) is 0 Å². The molecule has 0 aliphatic carbocycles. The van der Waals surface area contributed by atoms with Crippen molar-refractivity contribution in [3.05, 3.63) is 53.6 Å². The lowest BCUT2D eigenvalue weighted by molar-refractivity contribution is -0.121. The van der Waals surface area contributed by atoms with Crippen LogP contribution in [0.2, 0.25) is 0 Å². The van der Waals surface area contributed by atoms with E-state index in [4.69, 9.17) is 0 Å². The number of sulfonamides is 1. The fourth-order valence-electron chi connectivity index (χ4n) is 3.12. The number of hydrogen-bond donors (Lipinski definition) is 1. The van der Waals surface area contributed by atoms with E-state index in [1.165, 1.54) is 0 Å². The fourth-order valence-corrected chi connectivity index (χ4v) is 4.17. The molecule has 1 heterocycles. The fraction of sp³-hybridized carbons (Fsp3) is 0.350. The molecule has 0 fully saturated rings. The Bertz CT molecular complexity index is 919. The van der Waals surface area contributed by atoms with Gasteiger partial charge in [-0.1, -0.05) is 32.9 Å². The molecule has 1 aliphatic heterocycles. The van der Waals surface area contributed by atoms with Crippen LogP contribution in [0.1, 0.15) is 31.9 Å². The van der Waals surface area contributed by atoms with Gasteiger partial charge < -0.3 is 4.90 Å². The van der Waals surface area contributed by atoms with Gasteiger partial charge in [-0.05, 0) is 54.3 Å². The first-order chi connectivity index (χ1) is 12.3. The quantitative estimate of drug-likeness (QED) is 0.872. The Morgan fingerprint density at radius 3 is 2.46 bits per heavy atom. The van der Waals surface area contributed by atoms with Crippen LogP contribution in [0.4, 0.5) is 11.4 Å². The van der Waals surface area contributed by atoms with Crippen LogP contribution in [-0.2, 0) is 27.7 Å². The molecule has 138 valence electrons. The highest BCUT2D eigenvalue weighted by Gasteiger charge is 2.26. The highest BCUT2D eigenvalue weighted by molar-refractivity contribution is 7.92. The Balaban J connectivity index is 1.82. The molecule has 26 heavy (non-hydrogen) atoms. The molecule has 1 N–H and O–H groups in total. The van der Waals surface area contributed by atoms with E-state index >= 15 is 0 Å². The molecule has 2 aromatic rings. The highest BCUT2D eigenvalue weighted by atomic mass is 32.2. The van der Waals surface area contributed by atoms with E-state index in [-0.39, 0.29) is 16.7 Å². The van der Waals surface area contributed by atoms with E-state index in [9.17, 15) is 13.2 Å². The van der Waals surface area contributed by atoms with Crippen molar-refractivity contribution in [1.29, 1.82) is 0 Å². The molecule has 0 radical (unpaired) electrons. The number of amides is 1. The Kier molecular flexibility index (Phi) is 5.05. The summed E-state index contributed by atoms with van der Waals surface area (Å²) < 4.78 is 27.8. The lowest BCUT2D eigenvalue weighted by Gasteiger charge is -2.19. The summed E-state index contributed by atoms with van der Waals surface area (Å²) in [4.78, 5) is 14.3. The monoisotopic (exact) mass is 372 g/mol. The summed E-state index contributed by atoms with van der Waals surface area (Å²) in [5.41, 5.74) is 3.47. The second kappa shape index (κ2) is 7.11. The summed E-state index contributed by atoms with van der Waals surface area (Å²) in [6, 6.07) is 12.2. The van der Waals surface area contributed by atoms with Gasteiger partial charge in [0.15, 0.2) is 0 Å². The summed E-state index contributed by atoms with van der Waals surface area (Å²) in [6.07, 6.45) is 1.60. The van der Waals surface area contributed by atoms with E-state index < -0.39 is 10.0 Å². The van der Waals surface area contributed by atoms with E-state index in [0.717, 1.165) is 29.7 Å². The van der Waals surface area contributed by atoms with Crippen molar-refractivity contribution in [2.75, 3.05) is 16.2 Å². The second-order valence-electron chi connectivity index (χ2n) is 6.84. The Morgan fingerprint density at radius 1 is 1.15 bits per heavy atom. The van der Waals surface area contributed by atoms with Crippen LogP contribution in [-0.4, -0.2) is 20.9 Å². The second-order valence-corrected chi connectivity index (χ2v) is 8.52. The maximum absolute atomic E-state index is 12.6. The van der Waals surface area contributed by atoms with Crippen LogP contribution in [0.5, 0.6) is 0 Å². The third kappa shape index (κ3) is 3.60. The molecule has 0 saturated heterocycles. The maximum atomic E-state index is 12.6.